The van der Waals surface area contributed by atoms with Gasteiger partial charge in [-0.25, -0.2) is 0 Å². The van der Waals surface area contributed by atoms with E-state index in [1.807, 2.05) is 12.2 Å². The lowest BCUT2D eigenvalue weighted by molar-refractivity contribution is -0.147. The highest BCUT2D eigenvalue weighted by Crippen LogP contribution is 2.30. The van der Waals surface area contributed by atoms with Crippen molar-refractivity contribution in [1.29, 1.82) is 0 Å². The normalized spacial score (nSPS) is 34.2. The van der Waals surface area contributed by atoms with E-state index < -0.39 is 17.8 Å². The Morgan fingerprint density at radius 1 is 1.21 bits per heavy atom. The number of carbonyl (C=O) groups is 2. The molecule has 2 aliphatic carbocycles. The van der Waals surface area contributed by atoms with Crippen LogP contribution in [0.5, 0.6) is 0 Å². The second-order valence-electron chi connectivity index (χ2n) is 5.31. The number of carboxylic acids is 1. The topological polar surface area (TPSA) is 66.4 Å². The fraction of sp³-hybridized carbons (Fsp3) is 0.714. The number of thioether (sulfide) groups is 1. The minimum absolute atomic E-state index is 0.0808. The molecular formula is C14H21NO3S. The van der Waals surface area contributed by atoms with Crippen molar-refractivity contribution in [2.24, 2.45) is 11.8 Å². The Kier molecular flexibility index (Phi) is 4.91. The molecule has 0 aromatic heterocycles. The van der Waals surface area contributed by atoms with Gasteiger partial charge in [-0.1, -0.05) is 18.6 Å². The molecule has 106 valence electrons. The van der Waals surface area contributed by atoms with Gasteiger partial charge in [-0.15, -0.1) is 0 Å². The minimum atomic E-state index is -0.864. The van der Waals surface area contributed by atoms with Gasteiger partial charge in [0.1, 0.15) is 0 Å². The standard InChI is InChI=1S/C14H21NO3S/c1-19-12-8-4-7-11(12)15-13(16)9-5-2-3-6-10(9)14(17)18/h2-3,9-12H,4-8H2,1H3,(H,15,16)(H,17,18). The van der Waals surface area contributed by atoms with Crippen molar-refractivity contribution in [2.45, 2.75) is 43.4 Å². The third kappa shape index (κ3) is 3.32. The number of carboxylic acid groups (broad SMARTS) is 1. The average molecular weight is 283 g/mol. The molecule has 1 fully saturated rings. The molecule has 1 saturated carbocycles. The summed E-state index contributed by atoms with van der Waals surface area (Å²) in [6, 6.07) is 0.211. The van der Waals surface area contributed by atoms with Crippen molar-refractivity contribution in [3.05, 3.63) is 12.2 Å². The molecule has 4 nitrogen and oxygen atoms in total. The molecule has 1 amide bonds. The monoisotopic (exact) mass is 283 g/mol. The molecule has 0 aliphatic heterocycles. The molecule has 0 spiro atoms. The molecule has 5 heteroatoms. The molecular weight excluding hydrogens is 262 g/mol. The van der Waals surface area contributed by atoms with Crippen LogP contribution in [0, 0.1) is 11.8 Å². The number of carbonyl (C=O) groups excluding carboxylic acids is 1. The molecule has 0 bridgehead atoms. The highest BCUT2D eigenvalue weighted by Gasteiger charge is 2.36. The lowest BCUT2D eigenvalue weighted by atomic mass is 9.82. The predicted molar refractivity (Wildman–Crippen MR) is 76.1 cm³/mol. The quantitative estimate of drug-likeness (QED) is 0.775. The summed E-state index contributed by atoms with van der Waals surface area (Å²) in [5.74, 6) is -1.93. The van der Waals surface area contributed by atoms with E-state index in [0.717, 1.165) is 19.3 Å². The second-order valence-corrected chi connectivity index (χ2v) is 6.39. The molecule has 4 unspecified atom stereocenters. The van der Waals surface area contributed by atoms with Crippen molar-refractivity contribution in [1.82, 2.24) is 5.32 Å². The van der Waals surface area contributed by atoms with E-state index in [2.05, 4.69) is 11.6 Å². The fourth-order valence-electron chi connectivity index (χ4n) is 3.04. The van der Waals surface area contributed by atoms with Gasteiger partial charge in [-0.05, 0) is 31.9 Å². The Morgan fingerprint density at radius 2 is 1.89 bits per heavy atom. The SMILES string of the molecule is CSC1CCCC1NC(=O)C1CC=CCC1C(=O)O. The van der Waals surface area contributed by atoms with E-state index in [9.17, 15) is 14.7 Å². The van der Waals surface area contributed by atoms with Crippen LogP contribution in [0.25, 0.3) is 0 Å². The van der Waals surface area contributed by atoms with Gasteiger partial charge < -0.3 is 10.4 Å². The first-order valence-corrected chi connectivity index (χ1v) is 8.13. The van der Waals surface area contributed by atoms with Crippen molar-refractivity contribution < 1.29 is 14.7 Å². The maximum atomic E-state index is 12.3. The van der Waals surface area contributed by atoms with E-state index in [0.29, 0.717) is 18.1 Å². The molecule has 19 heavy (non-hydrogen) atoms. The molecule has 2 N–H and O–H groups in total. The lowest BCUT2D eigenvalue weighted by Gasteiger charge is -2.27. The molecule has 2 aliphatic rings. The number of hydrogen-bond acceptors (Lipinski definition) is 3. The summed E-state index contributed by atoms with van der Waals surface area (Å²) in [5, 5.41) is 12.8. The van der Waals surface area contributed by atoms with Crippen LogP contribution in [0.1, 0.15) is 32.1 Å². The summed E-state index contributed by atoms with van der Waals surface area (Å²) in [4.78, 5) is 23.5. The van der Waals surface area contributed by atoms with Crippen molar-refractivity contribution in [2.75, 3.05) is 6.26 Å². The van der Waals surface area contributed by atoms with Gasteiger partial charge in [0.15, 0.2) is 0 Å². The zero-order valence-corrected chi connectivity index (χ0v) is 12.0. The molecule has 0 saturated heterocycles. The van der Waals surface area contributed by atoms with Gasteiger partial charge >= 0.3 is 5.97 Å². The van der Waals surface area contributed by atoms with Gasteiger partial charge in [0.05, 0.1) is 11.8 Å². The molecule has 2 rings (SSSR count). The van der Waals surface area contributed by atoms with Crippen LogP contribution in [0.3, 0.4) is 0 Å². The van der Waals surface area contributed by atoms with Crippen LogP contribution in [0.2, 0.25) is 0 Å². The van der Waals surface area contributed by atoms with Crippen LogP contribution in [0.4, 0.5) is 0 Å². The third-order valence-corrected chi connectivity index (χ3v) is 5.34. The number of hydrogen-bond donors (Lipinski definition) is 2. The average Bonchev–Trinajstić information content (AvgIpc) is 2.85. The zero-order valence-electron chi connectivity index (χ0n) is 11.2. The van der Waals surface area contributed by atoms with Crippen molar-refractivity contribution in [3.63, 3.8) is 0 Å². The summed E-state index contributed by atoms with van der Waals surface area (Å²) in [6.45, 7) is 0. The first kappa shape index (κ1) is 14.4. The zero-order chi connectivity index (χ0) is 13.8. The van der Waals surface area contributed by atoms with Crippen LogP contribution >= 0.6 is 11.8 Å². The largest absolute Gasteiger partial charge is 0.481 e. The Labute approximate surface area is 118 Å². The Hall–Kier alpha value is -0.970. The summed E-state index contributed by atoms with van der Waals surface area (Å²) >= 11 is 1.79. The Balaban J connectivity index is 1.98. The third-order valence-electron chi connectivity index (χ3n) is 4.17. The van der Waals surface area contributed by atoms with E-state index in [-0.39, 0.29) is 11.9 Å². The summed E-state index contributed by atoms with van der Waals surface area (Å²) < 4.78 is 0. The maximum Gasteiger partial charge on any atom is 0.307 e. The van der Waals surface area contributed by atoms with Crippen LogP contribution in [-0.2, 0) is 9.59 Å². The first-order valence-electron chi connectivity index (χ1n) is 6.84. The summed E-state index contributed by atoms with van der Waals surface area (Å²) in [7, 11) is 0. The molecule has 0 aromatic rings. The number of allylic oxidation sites excluding steroid dienone is 2. The molecule has 4 atom stereocenters. The maximum absolute atomic E-state index is 12.3. The summed E-state index contributed by atoms with van der Waals surface area (Å²) in [5.41, 5.74) is 0. The van der Waals surface area contributed by atoms with Crippen molar-refractivity contribution in [3.8, 4) is 0 Å². The van der Waals surface area contributed by atoms with Crippen LogP contribution < -0.4 is 5.32 Å². The highest BCUT2D eigenvalue weighted by atomic mass is 32.2. The Bertz CT molecular complexity index is 383. The smallest absolute Gasteiger partial charge is 0.307 e. The predicted octanol–water partition coefficient (Wildman–Crippen LogP) is 2.05. The minimum Gasteiger partial charge on any atom is -0.481 e. The number of rotatable bonds is 4. The first-order chi connectivity index (χ1) is 9.13. The van der Waals surface area contributed by atoms with Gasteiger partial charge in [0, 0.05) is 11.3 Å². The van der Waals surface area contributed by atoms with Gasteiger partial charge in [-0.2, -0.15) is 11.8 Å². The van der Waals surface area contributed by atoms with Crippen LogP contribution in [-0.4, -0.2) is 34.5 Å². The second kappa shape index (κ2) is 6.46. The van der Waals surface area contributed by atoms with E-state index in [1.165, 1.54) is 0 Å². The van der Waals surface area contributed by atoms with E-state index in [4.69, 9.17) is 0 Å². The van der Waals surface area contributed by atoms with Gasteiger partial charge in [0.2, 0.25) is 5.91 Å². The molecule has 0 heterocycles. The molecule has 0 aromatic carbocycles. The number of aliphatic carboxylic acids is 1. The van der Waals surface area contributed by atoms with Crippen molar-refractivity contribution >= 4 is 23.6 Å². The van der Waals surface area contributed by atoms with E-state index in [1.54, 1.807) is 11.8 Å². The van der Waals surface area contributed by atoms with E-state index >= 15 is 0 Å². The fourth-order valence-corrected chi connectivity index (χ4v) is 3.97. The van der Waals surface area contributed by atoms with Gasteiger partial charge in [0.25, 0.3) is 0 Å². The lowest BCUT2D eigenvalue weighted by Crippen LogP contribution is -2.45. The number of amides is 1. The van der Waals surface area contributed by atoms with Crippen LogP contribution in [0.15, 0.2) is 12.2 Å². The summed E-state index contributed by atoms with van der Waals surface area (Å²) in [6.07, 6.45) is 10.1. The Morgan fingerprint density at radius 3 is 2.53 bits per heavy atom. The molecule has 0 radical (unpaired) electrons. The van der Waals surface area contributed by atoms with Gasteiger partial charge in [-0.3, -0.25) is 9.59 Å². The number of nitrogens with one attached hydrogen (secondary N) is 1. The highest BCUT2D eigenvalue weighted by molar-refractivity contribution is 7.99.